The van der Waals surface area contributed by atoms with Gasteiger partial charge in [0.25, 0.3) is 0 Å². The normalized spacial score (nSPS) is 21.1. The van der Waals surface area contributed by atoms with Crippen LogP contribution in [0.15, 0.2) is 24.5 Å². The Labute approximate surface area is 198 Å². The Kier molecular flexibility index (Phi) is 13.4. The predicted octanol–water partition coefficient (Wildman–Crippen LogP) is 1.65. The minimum Gasteiger partial charge on any atom is -0.455 e. The van der Waals surface area contributed by atoms with Gasteiger partial charge in [0.15, 0.2) is 6.10 Å². The van der Waals surface area contributed by atoms with Gasteiger partial charge < -0.3 is 29.8 Å². The van der Waals surface area contributed by atoms with Gasteiger partial charge in [0, 0.05) is 31.7 Å². The van der Waals surface area contributed by atoms with E-state index in [1.54, 1.807) is 18.3 Å². The third-order valence-electron chi connectivity index (χ3n) is 4.54. The Morgan fingerprint density at radius 2 is 1.47 bits per heavy atom. The highest BCUT2D eigenvalue weighted by atomic mass is 16.7. The van der Waals surface area contributed by atoms with Gasteiger partial charge in [-0.05, 0) is 31.4 Å². The first kappa shape index (κ1) is 29.0. The maximum atomic E-state index is 11.9. The quantitative estimate of drug-likeness (QED) is 0.350. The van der Waals surface area contributed by atoms with Crippen LogP contribution in [-0.2, 0) is 33.3 Å². The fourth-order valence-electron chi connectivity index (χ4n) is 2.93. The van der Waals surface area contributed by atoms with Crippen LogP contribution in [0.3, 0.4) is 0 Å². The van der Waals surface area contributed by atoms with Gasteiger partial charge >= 0.3 is 17.9 Å². The van der Waals surface area contributed by atoms with Crippen LogP contribution >= 0.6 is 0 Å². The van der Waals surface area contributed by atoms with E-state index in [9.17, 15) is 24.3 Å². The van der Waals surface area contributed by atoms with E-state index >= 15 is 0 Å². The summed E-state index contributed by atoms with van der Waals surface area (Å²) >= 11 is 0. The standard InChI is InChI=1S/C17H28O8.C6H6N2O/c1-4-7-12(19)23-15-11(10-18)22-17(25-14(21)9-6-3)16(15)24-13(20)8-5-2;7-6(9)5-2-1-3-8-4-5/h11,15-18H,4-10H2,1-3H3;1-4H,(H2,7,9)/t11-,15-,16-,17?;/m1./s1. The van der Waals surface area contributed by atoms with Crippen LogP contribution < -0.4 is 5.73 Å². The van der Waals surface area contributed by atoms with Crippen LogP contribution in [0.1, 0.15) is 69.7 Å². The van der Waals surface area contributed by atoms with Crippen LogP contribution in [-0.4, -0.2) is 65.1 Å². The summed E-state index contributed by atoms with van der Waals surface area (Å²) < 4.78 is 21.3. The van der Waals surface area contributed by atoms with Gasteiger partial charge in [-0.1, -0.05) is 20.8 Å². The molecule has 190 valence electrons. The molecule has 1 amide bonds. The van der Waals surface area contributed by atoms with Crippen molar-refractivity contribution in [2.75, 3.05) is 6.61 Å². The number of ether oxygens (including phenoxy) is 4. The molecule has 1 aromatic rings. The van der Waals surface area contributed by atoms with Crippen molar-refractivity contribution in [3.8, 4) is 0 Å². The average Bonchev–Trinajstić information content (AvgIpc) is 3.11. The van der Waals surface area contributed by atoms with Gasteiger partial charge in [-0.3, -0.25) is 24.2 Å². The molecular weight excluding hydrogens is 448 g/mol. The van der Waals surface area contributed by atoms with Gasteiger partial charge in [-0.15, -0.1) is 0 Å². The second kappa shape index (κ2) is 15.7. The lowest BCUT2D eigenvalue weighted by molar-refractivity contribution is -0.199. The average molecular weight is 483 g/mol. The summed E-state index contributed by atoms with van der Waals surface area (Å²) in [6.07, 6.45) is 1.05. The molecule has 1 fully saturated rings. The Hall–Kier alpha value is -3.05. The molecule has 2 rings (SSSR count). The van der Waals surface area contributed by atoms with E-state index in [4.69, 9.17) is 24.7 Å². The maximum Gasteiger partial charge on any atom is 0.308 e. The number of pyridine rings is 1. The van der Waals surface area contributed by atoms with Crippen molar-refractivity contribution in [3.05, 3.63) is 30.1 Å². The first-order valence-electron chi connectivity index (χ1n) is 11.3. The molecule has 1 aliphatic rings. The molecular formula is C23H34N2O9. The largest absolute Gasteiger partial charge is 0.455 e. The zero-order valence-electron chi connectivity index (χ0n) is 19.8. The minimum atomic E-state index is -1.21. The van der Waals surface area contributed by atoms with Crippen LogP contribution in [0.25, 0.3) is 0 Å². The van der Waals surface area contributed by atoms with Gasteiger partial charge in [0.1, 0.15) is 6.10 Å². The second-order valence-electron chi connectivity index (χ2n) is 7.48. The molecule has 4 atom stereocenters. The highest BCUT2D eigenvalue weighted by molar-refractivity contribution is 5.92. The second-order valence-corrected chi connectivity index (χ2v) is 7.48. The molecule has 2 heterocycles. The summed E-state index contributed by atoms with van der Waals surface area (Å²) in [4.78, 5) is 49.6. The number of aliphatic hydroxyl groups excluding tert-OH is 1. The van der Waals surface area contributed by atoms with E-state index < -0.39 is 55.0 Å². The molecule has 3 N–H and O–H groups in total. The van der Waals surface area contributed by atoms with Gasteiger partial charge in [-0.2, -0.15) is 0 Å². The first-order valence-corrected chi connectivity index (χ1v) is 11.3. The monoisotopic (exact) mass is 482 g/mol. The number of aliphatic hydroxyl groups is 1. The number of hydrogen-bond acceptors (Lipinski definition) is 10. The number of amides is 1. The highest BCUT2D eigenvalue weighted by Gasteiger charge is 2.51. The summed E-state index contributed by atoms with van der Waals surface area (Å²) in [7, 11) is 0. The molecule has 0 radical (unpaired) electrons. The number of esters is 3. The minimum absolute atomic E-state index is 0.172. The summed E-state index contributed by atoms with van der Waals surface area (Å²) in [6.45, 7) is 5.00. The molecule has 11 nitrogen and oxygen atoms in total. The molecule has 1 saturated heterocycles. The van der Waals surface area contributed by atoms with E-state index in [1.165, 1.54) is 6.20 Å². The number of aromatic nitrogens is 1. The Morgan fingerprint density at radius 3 is 1.88 bits per heavy atom. The molecule has 1 aliphatic heterocycles. The van der Waals surface area contributed by atoms with Crippen molar-refractivity contribution in [1.29, 1.82) is 0 Å². The molecule has 1 unspecified atom stereocenters. The lowest BCUT2D eigenvalue weighted by atomic mass is 10.1. The molecule has 0 bridgehead atoms. The van der Waals surface area contributed by atoms with Crippen molar-refractivity contribution in [3.63, 3.8) is 0 Å². The van der Waals surface area contributed by atoms with Crippen LogP contribution in [0.2, 0.25) is 0 Å². The molecule has 1 aromatic heterocycles. The Balaban J connectivity index is 0.000000533. The highest BCUT2D eigenvalue weighted by Crippen LogP contribution is 2.29. The third kappa shape index (κ3) is 9.84. The van der Waals surface area contributed by atoms with Gasteiger partial charge in [0.2, 0.25) is 18.3 Å². The van der Waals surface area contributed by atoms with Gasteiger partial charge in [0.05, 0.1) is 12.2 Å². The number of primary amides is 1. The lowest BCUT2D eigenvalue weighted by Gasteiger charge is -2.23. The summed E-state index contributed by atoms with van der Waals surface area (Å²) in [6, 6.07) is 3.29. The van der Waals surface area contributed by atoms with Crippen molar-refractivity contribution in [2.24, 2.45) is 5.73 Å². The smallest absolute Gasteiger partial charge is 0.308 e. The number of carbonyl (C=O) groups is 4. The molecule has 0 aromatic carbocycles. The zero-order chi connectivity index (χ0) is 25.5. The van der Waals surface area contributed by atoms with E-state index in [1.807, 2.05) is 20.8 Å². The van der Waals surface area contributed by atoms with Crippen LogP contribution in [0.4, 0.5) is 0 Å². The first-order chi connectivity index (χ1) is 16.3. The van der Waals surface area contributed by atoms with Crippen molar-refractivity contribution < 1.29 is 43.2 Å². The van der Waals surface area contributed by atoms with Crippen molar-refractivity contribution in [2.45, 2.75) is 83.9 Å². The number of nitrogens with zero attached hydrogens (tertiary/aromatic N) is 1. The van der Waals surface area contributed by atoms with E-state index in [2.05, 4.69) is 4.98 Å². The van der Waals surface area contributed by atoms with Gasteiger partial charge in [-0.25, -0.2) is 0 Å². The van der Waals surface area contributed by atoms with Crippen LogP contribution in [0, 0.1) is 0 Å². The molecule has 0 aliphatic carbocycles. The molecule has 0 saturated carbocycles. The maximum absolute atomic E-state index is 11.9. The Bertz CT molecular complexity index is 788. The molecule has 34 heavy (non-hydrogen) atoms. The predicted molar refractivity (Wildman–Crippen MR) is 119 cm³/mol. The summed E-state index contributed by atoms with van der Waals surface area (Å²) in [5, 5.41) is 9.49. The number of rotatable bonds is 11. The van der Waals surface area contributed by atoms with E-state index in [0.29, 0.717) is 24.8 Å². The number of carbonyl (C=O) groups excluding carboxylic acids is 4. The molecule has 0 spiro atoms. The SMILES string of the molecule is CCCC(=O)OC1O[C@H](CO)[C@@H](OC(=O)CCC)[C@H]1OC(=O)CCC.NC(=O)c1cccnc1. The van der Waals surface area contributed by atoms with Crippen molar-refractivity contribution in [1.82, 2.24) is 4.98 Å². The fraction of sp³-hybridized carbons (Fsp3) is 0.609. The molecule has 11 heteroatoms. The van der Waals surface area contributed by atoms with E-state index in [0.717, 1.165) is 0 Å². The summed E-state index contributed by atoms with van der Waals surface area (Å²) in [5.41, 5.74) is 5.38. The topological polar surface area (TPSA) is 164 Å². The fourth-order valence-corrected chi connectivity index (χ4v) is 2.93. The van der Waals surface area contributed by atoms with Crippen LogP contribution in [0.5, 0.6) is 0 Å². The Morgan fingerprint density at radius 1 is 0.941 bits per heavy atom. The van der Waals surface area contributed by atoms with E-state index in [-0.39, 0.29) is 19.3 Å². The number of hydrogen-bond donors (Lipinski definition) is 2. The lowest BCUT2D eigenvalue weighted by Crippen LogP contribution is -2.42. The summed E-state index contributed by atoms with van der Waals surface area (Å²) in [5.74, 6) is -1.96. The third-order valence-corrected chi connectivity index (χ3v) is 4.54. The zero-order valence-corrected chi connectivity index (χ0v) is 19.8. The number of nitrogens with two attached hydrogens (primary N) is 1. The van der Waals surface area contributed by atoms with Crippen molar-refractivity contribution >= 4 is 23.8 Å².